The van der Waals surface area contributed by atoms with Gasteiger partial charge < -0.3 is 14.0 Å². The van der Waals surface area contributed by atoms with Crippen molar-refractivity contribution in [3.8, 4) is 11.4 Å². The number of benzene rings is 2. The van der Waals surface area contributed by atoms with E-state index in [0.29, 0.717) is 11.4 Å². The van der Waals surface area contributed by atoms with E-state index in [1.807, 2.05) is 0 Å². The number of aromatic nitrogens is 1. The molecule has 1 aromatic heterocycles. The Morgan fingerprint density at radius 1 is 1.07 bits per heavy atom. The van der Waals surface area contributed by atoms with E-state index in [4.69, 9.17) is 9.47 Å². The average molecular weight is 391 g/mol. The van der Waals surface area contributed by atoms with Gasteiger partial charge in [0.15, 0.2) is 17.5 Å². The van der Waals surface area contributed by atoms with Crippen molar-refractivity contribution in [2.75, 3.05) is 13.7 Å². The summed E-state index contributed by atoms with van der Waals surface area (Å²) in [6.07, 6.45) is 1.06. The number of rotatable bonds is 4. The summed E-state index contributed by atoms with van der Waals surface area (Å²) in [5.41, 5.74) is -1.92. The monoisotopic (exact) mass is 391 g/mol. The van der Waals surface area contributed by atoms with E-state index < -0.39 is 50.9 Å². The topological polar surface area (TPSA) is 57.5 Å². The number of hydrogen-bond acceptors (Lipinski definition) is 4. The summed E-state index contributed by atoms with van der Waals surface area (Å²) in [5, 5.41) is -0.433. The van der Waals surface area contributed by atoms with Crippen LogP contribution in [0.25, 0.3) is 16.6 Å². The molecule has 2 aromatic carbocycles. The lowest BCUT2D eigenvalue weighted by Gasteiger charge is -2.16. The Hall–Kier alpha value is -3.29. The summed E-state index contributed by atoms with van der Waals surface area (Å²) in [7, 11) is 1.46. The van der Waals surface area contributed by atoms with Crippen LogP contribution in [0.4, 0.5) is 13.2 Å². The van der Waals surface area contributed by atoms with Crippen LogP contribution in [0.1, 0.15) is 22.8 Å². The number of esters is 1. The molecule has 0 atom stereocenters. The molecule has 1 heterocycles. The lowest BCUT2D eigenvalue weighted by atomic mass is 10.0. The van der Waals surface area contributed by atoms with E-state index in [9.17, 15) is 22.8 Å². The van der Waals surface area contributed by atoms with Gasteiger partial charge >= 0.3 is 5.97 Å². The number of nitrogens with zero attached hydrogens (tertiary/aromatic N) is 1. The summed E-state index contributed by atoms with van der Waals surface area (Å²) < 4.78 is 53.9. The lowest BCUT2D eigenvalue weighted by Crippen LogP contribution is -2.22. The minimum absolute atomic E-state index is 0.00394. The van der Waals surface area contributed by atoms with Gasteiger partial charge in [-0.25, -0.2) is 18.0 Å². The number of methoxy groups -OCH3 is 1. The molecule has 0 aliphatic carbocycles. The maximum absolute atomic E-state index is 14.7. The van der Waals surface area contributed by atoms with Gasteiger partial charge in [0.25, 0.3) is 0 Å². The van der Waals surface area contributed by atoms with E-state index >= 15 is 0 Å². The largest absolute Gasteiger partial charge is 0.497 e. The lowest BCUT2D eigenvalue weighted by molar-refractivity contribution is 0.0524. The fourth-order valence-electron chi connectivity index (χ4n) is 2.95. The molecule has 3 aromatic rings. The molecule has 0 saturated carbocycles. The first-order valence-electron chi connectivity index (χ1n) is 8.35. The first-order chi connectivity index (χ1) is 13.3. The van der Waals surface area contributed by atoms with Crippen LogP contribution in [0.2, 0.25) is 0 Å². The van der Waals surface area contributed by atoms with Gasteiger partial charge in [0.05, 0.1) is 24.6 Å². The summed E-state index contributed by atoms with van der Waals surface area (Å²) in [4.78, 5) is 25.0. The summed E-state index contributed by atoms with van der Waals surface area (Å²) in [5.74, 6) is -5.14. The Morgan fingerprint density at radius 3 is 2.29 bits per heavy atom. The van der Waals surface area contributed by atoms with E-state index in [-0.39, 0.29) is 6.61 Å². The third-order valence-electron chi connectivity index (χ3n) is 4.35. The highest BCUT2D eigenvalue weighted by atomic mass is 19.2. The highest BCUT2D eigenvalue weighted by molar-refractivity contribution is 5.95. The number of ether oxygens (including phenoxy) is 2. The second kappa shape index (κ2) is 7.38. The van der Waals surface area contributed by atoms with Gasteiger partial charge in [-0.05, 0) is 38.1 Å². The number of pyridine rings is 1. The van der Waals surface area contributed by atoms with E-state index in [1.165, 1.54) is 19.2 Å². The molecule has 0 unspecified atom stereocenters. The number of carbonyl (C=O) groups is 1. The van der Waals surface area contributed by atoms with Crippen LogP contribution in [0, 0.1) is 24.4 Å². The van der Waals surface area contributed by atoms with Crippen molar-refractivity contribution >= 4 is 16.9 Å². The summed E-state index contributed by atoms with van der Waals surface area (Å²) in [6, 6.07) is 6.17. The Labute approximate surface area is 157 Å². The third kappa shape index (κ3) is 3.00. The maximum Gasteiger partial charge on any atom is 0.343 e. The van der Waals surface area contributed by atoms with Crippen LogP contribution in [-0.2, 0) is 4.74 Å². The predicted octanol–water partition coefficient (Wildman–Crippen LogP) is 3.90. The molecule has 0 amide bonds. The van der Waals surface area contributed by atoms with Gasteiger partial charge in [-0.1, -0.05) is 0 Å². The zero-order chi connectivity index (χ0) is 20.6. The number of halogens is 3. The zero-order valence-corrected chi connectivity index (χ0v) is 15.3. The quantitative estimate of drug-likeness (QED) is 0.500. The molecule has 0 saturated heterocycles. The average Bonchev–Trinajstić information content (AvgIpc) is 2.70. The Bertz CT molecular complexity index is 1140. The Morgan fingerprint density at radius 2 is 1.71 bits per heavy atom. The molecule has 0 aliphatic rings. The van der Waals surface area contributed by atoms with Gasteiger partial charge in [-0.15, -0.1) is 0 Å². The normalized spacial score (nSPS) is 10.9. The minimum atomic E-state index is -1.70. The van der Waals surface area contributed by atoms with Crippen LogP contribution < -0.4 is 10.2 Å². The van der Waals surface area contributed by atoms with Crippen LogP contribution in [0.3, 0.4) is 0 Å². The van der Waals surface area contributed by atoms with E-state index in [0.717, 1.165) is 17.7 Å². The number of hydrogen-bond donors (Lipinski definition) is 0. The first kappa shape index (κ1) is 19.5. The van der Waals surface area contributed by atoms with Crippen LogP contribution in [0.5, 0.6) is 5.75 Å². The van der Waals surface area contributed by atoms with Gasteiger partial charge in [-0.3, -0.25) is 4.79 Å². The SMILES string of the molecule is CCOC(=O)c1cn(-c2ccc(OC)cc2)c2c(F)c(F)c(F)c(C)c2c1=O. The van der Waals surface area contributed by atoms with Crippen molar-refractivity contribution in [1.29, 1.82) is 0 Å². The van der Waals surface area contributed by atoms with Gasteiger partial charge in [0.2, 0.25) is 5.43 Å². The molecule has 5 nitrogen and oxygen atoms in total. The number of carbonyl (C=O) groups excluding carboxylic acids is 1. The molecule has 3 rings (SSSR count). The van der Waals surface area contributed by atoms with Crippen molar-refractivity contribution < 1.29 is 27.4 Å². The fraction of sp³-hybridized carbons (Fsp3) is 0.200. The highest BCUT2D eigenvalue weighted by Gasteiger charge is 2.26. The molecular weight excluding hydrogens is 375 g/mol. The minimum Gasteiger partial charge on any atom is -0.497 e. The molecular formula is C20H16F3NO4. The Kier molecular flexibility index (Phi) is 5.13. The predicted molar refractivity (Wildman–Crippen MR) is 96.7 cm³/mol. The molecule has 0 N–H and O–H groups in total. The Balaban J connectivity index is 2.48. The molecule has 0 aliphatic heterocycles. The van der Waals surface area contributed by atoms with Crippen LogP contribution in [0.15, 0.2) is 35.3 Å². The van der Waals surface area contributed by atoms with Crippen molar-refractivity contribution in [3.63, 3.8) is 0 Å². The molecule has 8 heteroatoms. The van der Waals surface area contributed by atoms with Crippen molar-refractivity contribution in [2.24, 2.45) is 0 Å². The number of fused-ring (bicyclic) bond motifs is 1. The van der Waals surface area contributed by atoms with Gasteiger partial charge in [0, 0.05) is 17.4 Å². The molecule has 28 heavy (non-hydrogen) atoms. The van der Waals surface area contributed by atoms with Crippen LogP contribution >= 0.6 is 0 Å². The molecule has 146 valence electrons. The third-order valence-corrected chi connectivity index (χ3v) is 4.35. The second-order valence-corrected chi connectivity index (χ2v) is 5.95. The number of aryl methyl sites for hydroxylation is 1. The van der Waals surface area contributed by atoms with Gasteiger partial charge in [-0.2, -0.15) is 0 Å². The fourth-order valence-corrected chi connectivity index (χ4v) is 2.95. The maximum atomic E-state index is 14.7. The smallest absolute Gasteiger partial charge is 0.343 e. The van der Waals surface area contributed by atoms with Crippen molar-refractivity contribution in [1.82, 2.24) is 4.57 Å². The van der Waals surface area contributed by atoms with Crippen molar-refractivity contribution in [3.05, 3.63) is 69.3 Å². The van der Waals surface area contributed by atoms with E-state index in [1.54, 1.807) is 19.1 Å². The molecule has 0 fully saturated rings. The molecule has 0 bridgehead atoms. The standard InChI is InChI=1S/C20H16F3NO4/c1-4-28-20(26)13-9-24(11-5-7-12(27-3)8-6-11)18-14(19(13)25)10(2)15(21)16(22)17(18)23/h5-9H,4H2,1-3H3. The molecule has 0 spiro atoms. The summed E-state index contributed by atoms with van der Waals surface area (Å²) in [6.45, 7) is 2.71. The van der Waals surface area contributed by atoms with Gasteiger partial charge in [0.1, 0.15) is 11.3 Å². The highest BCUT2D eigenvalue weighted by Crippen LogP contribution is 2.28. The first-order valence-corrected chi connectivity index (χ1v) is 8.35. The second-order valence-electron chi connectivity index (χ2n) is 5.95. The van der Waals surface area contributed by atoms with E-state index in [2.05, 4.69) is 0 Å². The van der Waals surface area contributed by atoms with Crippen LogP contribution in [-0.4, -0.2) is 24.3 Å². The molecule has 0 radical (unpaired) electrons. The zero-order valence-electron chi connectivity index (χ0n) is 15.3. The van der Waals surface area contributed by atoms with Crippen molar-refractivity contribution in [2.45, 2.75) is 13.8 Å². The summed E-state index contributed by atoms with van der Waals surface area (Å²) >= 11 is 0.